The highest BCUT2D eigenvalue weighted by Gasteiger charge is 2.26. The van der Waals surface area contributed by atoms with Crippen molar-refractivity contribution < 1.29 is 14.1 Å². The van der Waals surface area contributed by atoms with Crippen molar-refractivity contribution in [2.45, 2.75) is 23.9 Å². The van der Waals surface area contributed by atoms with E-state index < -0.39 is 22.5 Å². The van der Waals surface area contributed by atoms with Gasteiger partial charge in [-0.2, -0.15) is 0 Å². The molecule has 0 radical (unpaired) electrons. The largest absolute Gasteiger partial charge is 0.486 e. The molecule has 1 atom stereocenters. The first-order chi connectivity index (χ1) is 16.8. The smallest absolute Gasteiger partial charge is 0.220 e. The zero-order valence-electron chi connectivity index (χ0n) is 18.4. The Hall–Kier alpha value is -3.14. The lowest BCUT2D eigenvalue weighted by atomic mass is 10.1. The molecule has 35 heavy (non-hydrogen) atoms. The molecule has 1 heterocycles. The van der Waals surface area contributed by atoms with Gasteiger partial charge < -0.3 is 4.74 Å². The number of para-hydroxylation sites is 1. The molecule has 0 saturated heterocycles. The van der Waals surface area contributed by atoms with Crippen LogP contribution in [0, 0.1) is 22.9 Å². The molecule has 180 valence electrons. The van der Waals surface area contributed by atoms with E-state index >= 15 is 0 Å². The number of aromatic nitrogens is 3. The van der Waals surface area contributed by atoms with Gasteiger partial charge >= 0.3 is 0 Å². The van der Waals surface area contributed by atoms with Crippen molar-refractivity contribution in [1.82, 2.24) is 14.8 Å². The van der Waals surface area contributed by atoms with Crippen molar-refractivity contribution in [3.8, 4) is 11.4 Å². The minimum atomic E-state index is -0.660. The van der Waals surface area contributed by atoms with E-state index in [2.05, 4.69) is 10.2 Å². The Kier molecular flexibility index (Phi) is 7.90. The van der Waals surface area contributed by atoms with Gasteiger partial charge in [0, 0.05) is 16.2 Å². The van der Waals surface area contributed by atoms with Crippen LogP contribution in [0.5, 0.6) is 5.75 Å². The fourth-order valence-corrected chi connectivity index (χ4v) is 5.20. The predicted octanol–water partition coefficient (Wildman–Crippen LogP) is 6.71. The summed E-state index contributed by atoms with van der Waals surface area (Å²) in [5, 5.41) is 20.0. The van der Waals surface area contributed by atoms with E-state index in [4.69, 9.17) is 27.9 Å². The summed E-state index contributed by atoms with van der Waals surface area (Å²) in [6, 6.07) is 18.8. The van der Waals surface area contributed by atoms with Gasteiger partial charge in [0.15, 0.2) is 10.9 Å². The Labute approximate surface area is 215 Å². The van der Waals surface area contributed by atoms with E-state index in [0.29, 0.717) is 22.1 Å². The summed E-state index contributed by atoms with van der Waals surface area (Å²) in [6.07, 6.45) is 0. The summed E-state index contributed by atoms with van der Waals surface area (Å²) in [5.41, 5.74) is 1.71. The molecule has 0 fully saturated rings. The number of nitro groups is 1. The lowest BCUT2D eigenvalue weighted by Crippen LogP contribution is -2.11. The summed E-state index contributed by atoms with van der Waals surface area (Å²) in [7, 11) is 0. The van der Waals surface area contributed by atoms with Crippen molar-refractivity contribution in [3.63, 3.8) is 0 Å². The van der Waals surface area contributed by atoms with Gasteiger partial charge in [-0.05, 0) is 42.8 Å². The van der Waals surface area contributed by atoms with Crippen LogP contribution in [0.3, 0.4) is 0 Å². The second-order valence-corrected chi connectivity index (χ2v) is 9.50. The lowest BCUT2D eigenvalue weighted by Gasteiger charge is -2.17. The third-order valence-corrected chi connectivity index (χ3v) is 6.84. The molecule has 0 unspecified atom stereocenters. The fraction of sp³-hybridized carbons (Fsp3) is 0.167. The molecule has 0 spiro atoms. The molecule has 0 bridgehead atoms. The second-order valence-electron chi connectivity index (χ2n) is 7.52. The third-order valence-electron chi connectivity index (χ3n) is 5.09. The quantitative estimate of drug-likeness (QED) is 0.135. The van der Waals surface area contributed by atoms with Crippen LogP contribution < -0.4 is 4.74 Å². The number of hydrogen-bond acceptors (Lipinski definition) is 6. The van der Waals surface area contributed by atoms with Crippen LogP contribution in [0.2, 0.25) is 10.0 Å². The van der Waals surface area contributed by atoms with Gasteiger partial charge in [0.1, 0.15) is 23.5 Å². The van der Waals surface area contributed by atoms with Crippen LogP contribution in [0.1, 0.15) is 22.2 Å². The number of rotatable bonds is 9. The van der Waals surface area contributed by atoms with Crippen LogP contribution in [0.4, 0.5) is 4.39 Å². The summed E-state index contributed by atoms with van der Waals surface area (Å²) in [5.74, 6) is 0.414. The number of benzene rings is 3. The maximum Gasteiger partial charge on any atom is 0.220 e. The highest BCUT2D eigenvalue weighted by atomic mass is 35.5. The van der Waals surface area contributed by atoms with Gasteiger partial charge in [-0.25, -0.2) is 4.39 Å². The van der Waals surface area contributed by atoms with E-state index in [1.54, 1.807) is 30.3 Å². The Balaban J connectivity index is 1.62. The molecule has 0 saturated carbocycles. The Morgan fingerprint density at radius 1 is 1.09 bits per heavy atom. The van der Waals surface area contributed by atoms with Gasteiger partial charge in [0.25, 0.3) is 0 Å². The highest BCUT2D eigenvalue weighted by molar-refractivity contribution is 7.99. The monoisotopic (exact) mass is 532 g/mol. The predicted molar refractivity (Wildman–Crippen MR) is 134 cm³/mol. The normalized spacial score (nSPS) is 11.9. The molecule has 4 rings (SSSR count). The maximum atomic E-state index is 13.9. The lowest BCUT2D eigenvalue weighted by molar-refractivity contribution is -0.479. The first kappa shape index (κ1) is 25.0. The molecule has 0 aliphatic carbocycles. The summed E-state index contributed by atoms with van der Waals surface area (Å²) < 4.78 is 21.4. The molecule has 0 aliphatic heterocycles. The van der Waals surface area contributed by atoms with Crippen LogP contribution >= 0.6 is 35.0 Å². The number of ether oxygens (including phenoxy) is 1. The van der Waals surface area contributed by atoms with Crippen LogP contribution in [0.15, 0.2) is 71.9 Å². The summed E-state index contributed by atoms with van der Waals surface area (Å²) >= 11 is 14.1. The van der Waals surface area contributed by atoms with Gasteiger partial charge in [-0.3, -0.25) is 14.7 Å². The zero-order valence-corrected chi connectivity index (χ0v) is 20.7. The van der Waals surface area contributed by atoms with E-state index in [1.807, 2.05) is 41.8 Å². The molecule has 1 aromatic heterocycles. The minimum Gasteiger partial charge on any atom is -0.486 e. The van der Waals surface area contributed by atoms with Crippen molar-refractivity contribution >= 4 is 35.0 Å². The molecule has 3 aromatic carbocycles. The molecular formula is C24H19Cl2FN4O3S. The van der Waals surface area contributed by atoms with Gasteiger partial charge in [0.2, 0.25) is 6.54 Å². The van der Waals surface area contributed by atoms with Gasteiger partial charge in [0.05, 0.1) is 10.0 Å². The zero-order chi connectivity index (χ0) is 24.9. The van der Waals surface area contributed by atoms with Crippen molar-refractivity contribution in [2.24, 2.45) is 0 Å². The Bertz CT molecular complexity index is 1330. The Morgan fingerprint density at radius 2 is 1.74 bits per heavy atom. The molecule has 4 aromatic rings. The van der Waals surface area contributed by atoms with E-state index in [9.17, 15) is 14.5 Å². The second kappa shape index (κ2) is 11.1. The number of hydrogen-bond donors (Lipinski definition) is 0. The van der Waals surface area contributed by atoms with Crippen molar-refractivity contribution in [2.75, 3.05) is 6.54 Å². The average molecular weight is 533 g/mol. The van der Waals surface area contributed by atoms with E-state index in [0.717, 1.165) is 5.69 Å². The third kappa shape index (κ3) is 5.93. The average Bonchev–Trinajstić information content (AvgIpc) is 3.19. The molecule has 0 N–H and O–H groups in total. The molecule has 7 nitrogen and oxygen atoms in total. The summed E-state index contributed by atoms with van der Waals surface area (Å²) in [4.78, 5) is 11.1. The number of thioether (sulfide) groups is 1. The number of halogens is 3. The molecule has 11 heteroatoms. The fourth-order valence-electron chi connectivity index (χ4n) is 3.44. The van der Waals surface area contributed by atoms with Crippen LogP contribution in [-0.2, 0) is 6.61 Å². The van der Waals surface area contributed by atoms with Crippen LogP contribution in [-0.4, -0.2) is 26.2 Å². The van der Waals surface area contributed by atoms with Crippen molar-refractivity contribution in [1.29, 1.82) is 0 Å². The van der Waals surface area contributed by atoms with Crippen molar-refractivity contribution in [3.05, 3.63) is 110 Å². The van der Waals surface area contributed by atoms with E-state index in [1.165, 1.54) is 17.8 Å². The summed E-state index contributed by atoms with van der Waals surface area (Å²) in [6.45, 7) is 1.34. The first-order valence-corrected chi connectivity index (χ1v) is 12.1. The SMILES string of the molecule is Cc1nnc(S[C@H](C[N+](=O)[O-])c2cc(Cl)c(OCc3ccccc3F)c(Cl)c2)n1-c1ccccc1. The molecule has 0 amide bonds. The first-order valence-electron chi connectivity index (χ1n) is 10.4. The van der Waals surface area contributed by atoms with Gasteiger partial charge in [-0.15, -0.1) is 10.2 Å². The van der Waals surface area contributed by atoms with Crippen LogP contribution in [0.25, 0.3) is 5.69 Å². The highest BCUT2D eigenvalue weighted by Crippen LogP contribution is 2.42. The molecule has 0 aliphatic rings. The van der Waals surface area contributed by atoms with E-state index in [-0.39, 0.29) is 22.4 Å². The molecular weight excluding hydrogens is 514 g/mol. The maximum absolute atomic E-state index is 13.9. The minimum absolute atomic E-state index is 0.0714. The Morgan fingerprint density at radius 3 is 2.40 bits per heavy atom. The number of aryl methyl sites for hydroxylation is 1. The van der Waals surface area contributed by atoms with Gasteiger partial charge in [-0.1, -0.05) is 71.4 Å². The standard InChI is InChI=1S/C24H19Cl2FN4O3S/c1-15-28-29-24(31(15)18-8-3-2-4-9-18)35-22(13-30(32)33)17-11-19(25)23(20(26)12-17)34-14-16-7-5-6-10-21(16)27/h2-12,22H,13-14H2,1H3/t22-/m1/s1. The topological polar surface area (TPSA) is 83.1 Å². The number of nitrogens with zero attached hydrogens (tertiary/aromatic N) is 4.